The summed E-state index contributed by atoms with van der Waals surface area (Å²) in [6.07, 6.45) is 0. The van der Waals surface area contributed by atoms with Crippen molar-refractivity contribution in [3.8, 4) is 91.1 Å². The summed E-state index contributed by atoms with van der Waals surface area (Å²) in [6, 6.07) is 60.5. The van der Waals surface area contributed by atoms with Gasteiger partial charge in [0, 0.05) is 50.4 Å². The van der Waals surface area contributed by atoms with Gasteiger partial charge in [0.05, 0.1) is 0 Å². The molecular weight excluding hydrogens is 751 g/mol. The van der Waals surface area contributed by atoms with E-state index in [4.69, 9.17) is 44.9 Å². The Bertz CT molecular complexity index is 3080. The van der Waals surface area contributed by atoms with Crippen LogP contribution >= 0.6 is 0 Å². The molecule has 61 heavy (non-hydrogen) atoms. The Kier molecular flexibility index (Phi) is 9.88. The summed E-state index contributed by atoms with van der Waals surface area (Å²) >= 11 is 0. The molecule has 0 spiro atoms. The second kappa shape index (κ2) is 16.2. The van der Waals surface area contributed by atoms with Crippen LogP contribution in [0.25, 0.3) is 102 Å². The lowest BCUT2D eigenvalue weighted by atomic mass is 9.99. The van der Waals surface area contributed by atoms with Crippen LogP contribution < -0.4 is 0 Å². The molecule has 0 N–H and O–H groups in total. The molecule has 0 radical (unpaired) electrons. The first kappa shape index (κ1) is 37.1. The van der Waals surface area contributed by atoms with Crippen LogP contribution in [0.1, 0.15) is 25.6 Å². The van der Waals surface area contributed by atoms with Gasteiger partial charge in [-0.2, -0.15) is 0 Å². The van der Waals surface area contributed by atoms with Gasteiger partial charge in [-0.25, -0.2) is 44.9 Å². The lowest BCUT2D eigenvalue weighted by Gasteiger charge is -2.13. The summed E-state index contributed by atoms with van der Waals surface area (Å²) < 4.78 is 0. The highest BCUT2D eigenvalue weighted by Crippen LogP contribution is 2.35. The number of hydrogen-bond donors (Lipinski definition) is 0. The predicted molar refractivity (Wildman–Crippen MR) is 242 cm³/mol. The quantitative estimate of drug-likeness (QED) is 0.141. The maximum Gasteiger partial charge on any atom is 0.164 e. The SMILES string of the molecule is CC(C)c1nc(-c2ccccc2)nc(-c2ccc(-c3nc(-c4ccccc4)nc(-c4cc(-c5nc(-c6ccccc6)nc(-c6ccccc6)n5)cc5ccccc45)n3)cc2)n1. The topological polar surface area (TPSA) is 116 Å². The van der Waals surface area contributed by atoms with E-state index in [1.54, 1.807) is 0 Å². The molecule has 0 fully saturated rings. The number of fused-ring (bicyclic) bond motifs is 1. The Morgan fingerprint density at radius 2 is 0.590 bits per heavy atom. The van der Waals surface area contributed by atoms with Gasteiger partial charge in [-0.1, -0.05) is 184 Å². The average Bonchev–Trinajstić information content (AvgIpc) is 3.34. The number of rotatable bonds is 9. The lowest BCUT2D eigenvalue weighted by Crippen LogP contribution is -2.04. The molecule has 3 heterocycles. The smallest absolute Gasteiger partial charge is 0.164 e. The minimum Gasteiger partial charge on any atom is -0.213 e. The summed E-state index contributed by atoms with van der Waals surface area (Å²) in [5, 5.41) is 1.99. The van der Waals surface area contributed by atoms with Crippen LogP contribution in [0.2, 0.25) is 0 Å². The minimum atomic E-state index is 0.125. The summed E-state index contributed by atoms with van der Waals surface area (Å²) in [4.78, 5) is 45.0. The van der Waals surface area contributed by atoms with Crippen LogP contribution in [-0.4, -0.2) is 44.9 Å². The van der Waals surface area contributed by atoms with E-state index in [9.17, 15) is 0 Å². The molecule has 290 valence electrons. The molecule has 9 nitrogen and oxygen atoms in total. The maximum atomic E-state index is 5.19. The first-order chi connectivity index (χ1) is 30.0. The molecule has 9 heteroatoms. The van der Waals surface area contributed by atoms with E-state index in [0.717, 1.165) is 61.1 Å². The minimum absolute atomic E-state index is 0.125. The van der Waals surface area contributed by atoms with E-state index >= 15 is 0 Å². The Labute approximate surface area is 353 Å². The van der Waals surface area contributed by atoms with Crippen molar-refractivity contribution in [3.63, 3.8) is 0 Å². The van der Waals surface area contributed by atoms with Crippen molar-refractivity contribution in [2.45, 2.75) is 19.8 Å². The third-order valence-corrected chi connectivity index (χ3v) is 10.3. The molecule has 7 aromatic carbocycles. The zero-order valence-corrected chi connectivity index (χ0v) is 33.4. The fraction of sp³-hybridized carbons (Fsp3) is 0.0577. The summed E-state index contributed by atoms with van der Waals surface area (Å²) in [5.74, 6) is 5.46. The van der Waals surface area contributed by atoms with Gasteiger partial charge in [0.1, 0.15) is 5.82 Å². The van der Waals surface area contributed by atoms with Gasteiger partial charge in [-0.15, -0.1) is 0 Å². The van der Waals surface area contributed by atoms with Gasteiger partial charge in [-0.3, -0.25) is 0 Å². The zero-order valence-electron chi connectivity index (χ0n) is 33.4. The maximum absolute atomic E-state index is 5.19. The Balaban J connectivity index is 1.11. The van der Waals surface area contributed by atoms with Crippen molar-refractivity contribution in [3.05, 3.63) is 188 Å². The van der Waals surface area contributed by atoms with E-state index in [1.165, 1.54) is 0 Å². The second-order valence-electron chi connectivity index (χ2n) is 14.9. The summed E-state index contributed by atoms with van der Waals surface area (Å²) in [7, 11) is 0. The number of benzene rings is 7. The standard InChI is InChI=1S/C52H37N9/c1-33(2)44-53-45(34-17-7-3-8-18-34)55-49(54-44)38-27-29-39(30-28-38)50-57-48(37-23-13-6-14-24-37)60-52(61-50)43-32-41(31-40-25-15-16-26-42(40)43)51-58-46(35-19-9-4-10-20-35)56-47(59-51)36-21-11-5-12-22-36/h3-33H,1-2H3. The first-order valence-electron chi connectivity index (χ1n) is 20.2. The van der Waals surface area contributed by atoms with E-state index < -0.39 is 0 Å². The zero-order chi connectivity index (χ0) is 41.1. The van der Waals surface area contributed by atoms with Crippen LogP contribution in [-0.2, 0) is 0 Å². The third kappa shape index (κ3) is 7.75. The van der Waals surface area contributed by atoms with Crippen molar-refractivity contribution < 1.29 is 0 Å². The summed E-state index contributed by atoms with van der Waals surface area (Å²) in [6.45, 7) is 4.18. The fourth-order valence-corrected chi connectivity index (χ4v) is 7.17. The molecule has 0 bridgehead atoms. The molecule has 0 aliphatic heterocycles. The van der Waals surface area contributed by atoms with Crippen molar-refractivity contribution >= 4 is 10.8 Å². The fourth-order valence-electron chi connectivity index (χ4n) is 7.17. The van der Waals surface area contributed by atoms with Crippen molar-refractivity contribution in [1.82, 2.24) is 44.9 Å². The molecule has 10 aromatic rings. The monoisotopic (exact) mass is 787 g/mol. The van der Waals surface area contributed by atoms with Gasteiger partial charge >= 0.3 is 0 Å². The summed E-state index contributed by atoms with van der Waals surface area (Å²) in [5.41, 5.74) is 6.94. The predicted octanol–water partition coefficient (Wildman–Crippen LogP) is 11.9. The molecular formula is C52H37N9. The average molecular weight is 788 g/mol. The molecule has 0 unspecified atom stereocenters. The molecule has 0 atom stereocenters. The van der Waals surface area contributed by atoms with Crippen LogP contribution in [0.15, 0.2) is 182 Å². The van der Waals surface area contributed by atoms with Crippen LogP contribution in [0.3, 0.4) is 0 Å². The number of aromatic nitrogens is 9. The molecule has 3 aromatic heterocycles. The Morgan fingerprint density at radius 1 is 0.279 bits per heavy atom. The van der Waals surface area contributed by atoms with E-state index in [0.29, 0.717) is 46.6 Å². The van der Waals surface area contributed by atoms with Gasteiger partial charge in [0.15, 0.2) is 46.6 Å². The first-order valence-corrected chi connectivity index (χ1v) is 20.2. The highest BCUT2D eigenvalue weighted by Gasteiger charge is 2.19. The van der Waals surface area contributed by atoms with Crippen molar-refractivity contribution in [1.29, 1.82) is 0 Å². The number of nitrogens with zero attached hydrogens (tertiary/aromatic N) is 9. The largest absolute Gasteiger partial charge is 0.213 e. The van der Waals surface area contributed by atoms with Gasteiger partial charge in [0.2, 0.25) is 0 Å². The van der Waals surface area contributed by atoms with Crippen LogP contribution in [0.5, 0.6) is 0 Å². The van der Waals surface area contributed by atoms with E-state index in [1.807, 2.05) is 158 Å². The normalized spacial score (nSPS) is 11.3. The van der Waals surface area contributed by atoms with E-state index in [-0.39, 0.29) is 5.92 Å². The molecule has 0 saturated carbocycles. The third-order valence-electron chi connectivity index (χ3n) is 10.3. The second-order valence-corrected chi connectivity index (χ2v) is 14.9. The molecule has 10 rings (SSSR count). The lowest BCUT2D eigenvalue weighted by molar-refractivity contribution is 0.766. The van der Waals surface area contributed by atoms with Crippen molar-refractivity contribution in [2.75, 3.05) is 0 Å². The number of hydrogen-bond acceptors (Lipinski definition) is 9. The highest BCUT2D eigenvalue weighted by atomic mass is 15.1. The Hall–Kier alpha value is -8.17. The Morgan fingerprint density at radius 3 is 0.984 bits per heavy atom. The molecule has 0 aliphatic rings. The van der Waals surface area contributed by atoms with Crippen LogP contribution in [0.4, 0.5) is 0 Å². The van der Waals surface area contributed by atoms with Gasteiger partial charge in [0.25, 0.3) is 0 Å². The van der Waals surface area contributed by atoms with Crippen LogP contribution in [0, 0.1) is 0 Å². The molecule has 0 saturated heterocycles. The van der Waals surface area contributed by atoms with Gasteiger partial charge < -0.3 is 0 Å². The van der Waals surface area contributed by atoms with Crippen molar-refractivity contribution in [2.24, 2.45) is 0 Å². The van der Waals surface area contributed by atoms with Gasteiger partial charge in [-0.05, 0) is 22.9 Å². The molecule has 0 aliphatic carbocycles. The highest BCUT2D eigenvalue weighted by molar-refractivity contribution is 5.98. The molecule has 0 amide bonds. The van der Waals surface area contributed by atoms with E-state index in [2.05, 4.69) is 38.1 Å².